The number of nitrogens with zero attached hydrogens (tertiary/aromatic N) is 1. The van der Waals surface area contributed by atoms with E-state index in [4.69, 9.17) is 4.74 Å². The van der Waals surface area contributed by atoms with Crippen molar-refractivity contribution in [3.63, 3.8) is 0 Å². The zero-order valence-corrected chi connectivity index (χ0v) is 12.0. The van der Waals surface area contributed by atoms with Gasteiger partial charge in [-0.2, -0.15) is 0 Å². The van der Waals surface area contributed by atoms with Crippen molar-refractivity contribution in [2.45, 2.75) is 19.9 Å². The molecule has 3 nitrogen and oxygen atoms in total. The smallest absolute Gasteiger partial charge is 0.142 e. The van der Waals surface area contributed by atoms with Gasteiger partial charge in [0.1, 0.15) is 11.4 Å². The van der Waals surface area contributed by atoms with E-state index in [2.05, 4.69) is 30.2 Å². The third kappa shape index (κ3) is 2.40. The highest BCUT2D eigenvalue weighted by Gasteiger charge is 2.20. The second kappa shape index (κ2) is 5.50. The first kappa shape index (κ1) is 13.1. The van der Waals surface area contributed by atoms with Crippen LogP contribution < -0.4 is 10.1 Å². The highest BCUT2D eigenvalue weighted by atomic mass is 32.1. The van der Waals surface area contributed by atoms with Crippen LogP contribution in [0.3, 0.4) is 0 Å². The number of aromatic nitrogens is 1. The van der Waals surface area contributed by atoms with E-state index >= 15 is 0 Å². The Hall–Kier alpha value is -1.39. The molecule has 1 N–H and O–H groups in total. The first-order chi connectivity index (χ1) is 8.67. The first-order valence-electron chi connectivity index (χ1n) is 5.90. The predicted molar refractivity (Wildman–Crippen MR) is 75.5 cm³/mol. The van der Waals surface area contributed by atoms with E-state index in [-0.39, 0.29) is 6.04 Å². The van der Waals surface area contributed by atoms with Gasteiger partial charge in [0.15, 0.2) is 0 Å². The molecule has 0 saturated heterocycles. The van der Waals surface area contributed by atoms with Crippen LogP contribution in [0.1, 0.15) is 27.1 Å². The molecule has 0 aliphatic heterocycles. The summed E-state index contributed by atoms with van der Waals surface area (Å²) in [6.07, 6.45) is 1.80. The fraction of sp³-hybridized carbons (Fsp3) is 0.357. The number of pyridine rings is 1. The topological polar surface area (TPSA) is 34.2 Å². The van der Waals surface area contributed by atoms with Crippen LogP contribution in [0.5, 0.6) is 5.75 Å². The molecule has 0 aromatic carbocycles. The predicted octanol–water partition coefficient (Wildman–Crippen LogP) is 3.08. The lowest BCUT2D eigenvalue weighted by Gasteiger charge is -2.16. The van der Waals surface area contributed by atoms with Crippen molar-refractivity contribution in [1.82, 2.24) is 10.3 Å². The Balaban J connectivity index is 2.45. The molecule has 0 fully saturated rings. The molecule has 0 aliphatic carbocycles. The van der Waals surface area contributed by atoms with E-state index < -0.39 is 0 Å². The lowest BCUT2D eigenvalue weighted by Crippen LogP contribution is -2.18. The van der Waals surface area contributed by atoms with Gasteiger partial charge in [0.05, 0.1) is 13.2 Å². The molecule has 0 aliphatic rings. The average Bonchev–Trinajstić information content (AvgIpc) is 2.71. The van der Waals surface area contributed by atoms with Crippen molar-refractivity contribution in [1.29, 1.82) is 0 Å². The molecule has 1 atom stereocenters. The Bertz CT molecular complexity index is 517. The van der Waals surface area contributed by atoms with E-state index in [9.17, 15) is 0 Å². The minimum absolute atomic E-state index is 0.0820. The summed E-state index contributed by atoms with van der Waals surface area (Å²) in [5, 5.41) is 3.32. The molecule has 0 bridgehead atoms. The normalized spacial score (nSPS) is 12.4. The highest BCUT2D eigenvalue weighted by molar-refractivity contribution is 7.12. The van der Waals surface area contributed by atoms with Crippen LogP contribution in [-0.4, -0.2) is 19.1 Å². The Morgan fingerprint density at radius 2 is 2.17 bits per heavy atom. The molecule has 18 heavy (non-hydrogen) atoms. The van der Waals surface area contributed by atoms with Crippen LogP contribution >= 0.6 is 11.3 Å². The number of ether oxygens (including phenoxy) is 1. The van der Waals surface area contributed by atoms with Crippen LogP contribution in [0.15, 0.2) is 24.4 Å². The standard InChI is InChI=1S/C14H18N2OS/c1-9-8-12(18-10(9)2)14(15-3)13-11(17-4)6-5-7-16-13/h5-8,14-15H,1-4H3. The molecule has 2 aromatic rings. The molecule has 2 heterocycles. The number of hydrogen-bond donors (Lipinski definition) is 1. The van der Waals surface area contributed by atoms with Crippen molar-refractivity contribution >= 4 is 11.3 Å². The molecule has 2 aromatic heterocycles. The lowest BCUT2D eigenvalue weighted by molar-refractivity contribution is 0.402. The van der Waals surface area contributed by atoms with Crippen molar-refractivity contribution in [3.8, 4) is 5.75 Å². The van der Waals surface area contributed by atoms with Gasteiger partial charge in [0, 0.05) is 16.0 Å². The van der Waals surface area contributed by atoms with Gasteiger partial charge in [-0.25, -0.2) is 0 Å². The Morgan fingerprint density at radius 1 is 1.39 bits per heavy atom. The third-order valence-corrected chi connectivity index (χ3v) is 4.27. The largest absolute Gasteiger partial charge is 0.495 e. The van der Waals surface area contributed by atoms with Crippen molar-refractivity contribution in [3.05, 3.63) is 45.4 Å². The highest BCUT2D eigenvalue weighted by Crippen LogP contribution is 2.33. The van der Waals surface area contributed by atoms with Gasteiger partial charge in [0.2, 0.25) is 0 Å². The van der Waals surface area contributed by atoms with Gasteiger partial charge in [0.25, 0.3) is 0 Å². The molecular weight excluding hydrogens is 244 g/mol. The summed E-state index contributed by atoms with van der Waals surface area (Å²) in [4.78, 5) is 7.07. The number of thiophene rings is 1. The lowest BCUT2D eigenvalue weighted by atomic mass is 10.1. The third-order valence-electron chi connectivity index (χ3n) is 3.05. The Morgan fingerprint density at radius 3 is 2.72 bits per heavy atom. The summed E-state index contributed by atoms with van der Waals surface area (Å²) in [6, 6.07) is 6.13. The number of aryl methyl sites for hydroxylation is 2. The molecule has 0 spiro atoms. The number of rotatable bonds is 4. The fourth-order valence-corrected chi connectivity index (χ4v) is 3.11. The molecule has 4 heteroatoms. The minimum Gasteiger partial charge on any atom is -0.495 e. The van der Waals surface area contributed by atoms with Gasteiger partial charge < -0.3 is 10.1 Å². The number of hydrogen-bond acceptors (Lipinski definition) is 4. The minimum atomic E-state index is 0.0820. The number of methoxy groups -OCH3 is 1. The fourth-order valence-electron chi connectivity index (χ4n) is 1.95. The van der Waals surface area contributed by atoms with Crippen molar-refractivity contribution in [2.75, 3.05) is 14.2 Å². The van der Waals surface area contributed by atoms with E-state index in [1.807, 2.05) is 19.2 Å². The maximum atomic E-state index is 5.39. The molecule has 96 valence electrons. The molecule has 1 unspecified atom stereocenters. The van der Waals surface area contributed by atoms with Crippen LogP contribution in [0.25, 0.3) is 0 Å². The van der Waals surface area contributed by atoms with Crippen molar-refractivity contribution in [2.24, 2.45) is 0 Å². The summed E-state index contributed by atoms with van der Waals surface area (Å²) < 4.78 is 5.39. The van der Waals surface area contributed by atoms with E-state index in [0.717, 1.165) is 11.4 Å². The summed E-state index contributed by atoms with van der Waals surface area (Å²) in [5.41, 5.74) is 2.26. The van der Waals surface area contributed by atoms with Crippen molar-refractivity contribution < 1.29 is 4.74 Å². The maximum Gasteiger partial charge on any atom is 0.142 e. The number of nitrogens with one attached hydrogen (secondary N) is 1. The van der Waals surface area contributed by atoms with Gasteiger partial charge in [-0.3, -0.25) is 4.98 Å². The zero-order chi connectivity index (χ0) is 13.1. The van der Waals surface area contributed by atoms with Crippen LogP contribution in [0.2, 0.25) is 0 Å². The van der Waals surface area contributed by atoms with Gasteiger partial charge in [-0.15, -0.1) is 11.3 Å². The molecule has 0 amide bonds. The summed E-state index contributed by atoms with van der Waals surface area (Å²) >= 11 is 1.80. The monoisotopic (exact) mass is 262 g/mol. The van der Waals surface area contributed by atoms with Crippen LogP contribution in [0, 0.1) is 13.8 Å². The average molecular weight is 262 g/mol. The van der Waals surface area contributed by atoms with Crippen LogP contribution in [0.4, 0.5) is 0 Å². The van der Waals surface area contributed by atoms with Gasteiger partial charge in [-0.05, 0) is 44.7 Å². The van der Waals surface area contributed by atoms with E-state index in [0.29, 0.717) is 0 Å². The molecule has 0 radical (unpaired) electrons. The first-order valence-corrected chi connectivity index (χ1v) is 6.72. The van der Waals surface area contributed by atoms with Gasteiger partial charge in [-0.1, -0.05) is 0 Å². The quantitative estimate of drug-likeness (QED) is 0.919. The summed E-state index contributed by atoms with van der Waals surface area (Å²) in [6.45, 7) is 4.28. The second-order valence-corrected chi connectivity index (χ2v) is 5.49. The molecular formula is C14H18N2OS. The second-order valence-electron chi connectivity index (χ2n) is 4.20. The maximum absolute atomic E-state index is 5.39. The Labute approximate surface area is 112 Å². The zero-order valence-electron chi connectivity index (χ0n) is 11.2. The van der Waals surface area contributed by atoms with Gasteiger partial charge >= 0.3 is 0 Å². The Kier molecular flexibility index (Phi) is 3.99. The molecule has 2 rings (SSSR count). The van der Waals surface area contributed by atoms with E-state index in [1.54, 1.807) is 24.6 Å². The summed E-state index contributed by atoms with van der Waals surface area (Å²) in [5.74, 6) is 0.820. The van der Waals surface area contributed by atoms with Crippen LogP contribution in [-0.2, 0) is 0 Å². The molecule has 0 saturated carbocycles. The summed E-state index contributed by atoms with van der Waals surface area (Å²) in [7, 11) is 3.63. The van der Waals surface area contributed by atoms with E-state index in [1.165, 1.54) is 15.3 Å². The SMILES string of the molecule is CNC(c1cc(C)c(C)s1)c1ncccc1OC.